The van der Waals surface area contributed by atoms with Crippen molar-refractivity contribution >= 4 is 17.7 Å². The number of nitrogens with zero attached hydrogens (tertiary/aromatic N) is 3. The number of carbonyl (C=O) groups is 1. The van der Waals surface area contributed by atoms with Gasteiger partial charge < -0.3 is 5.32 Å². The molecule has 0 radical (unpaired) electrons. The highest BCUT2D eigenvalue weighted by molar-refractivity contribution is 7.98. The predicted molar refractivity (Wildman–Crippen MR) is 109 cm³/mol. The number of thioether (sulfide) groups is 1. The van der Waals surface area contributed by atoms with Gasteiger partial charge in [0.25, 0.3) is 0 Å². The van der Waals surface area contributed by atoms with Gasteiger partial charge in [0.2, 0.25) is 5.91 Å². The van der Waals surface area contributed by atoms with Crippen molar-refractivity contribution in [2.45, 2.75) is 43.9 Å². The van der Waals surface area contributed by atoms with E-state index in [0.29, 0.717) is 17.9 Å². The standard InChI is InChI=1S/C21H26F2N4OS/c1-29-21-25-11-17(12-26-21)14-27-8-2-3-15(13-27)5-7-20(28)24-10-16-4-6-18(22)19(23)9-16/h4,6,9,11-12,15H,2-3,5,7-8,10,13-14H2,1H3,(H,24,28)/t15-/m0/s1. The number of hydrogen-bond acceptors (Lipinski definition) is 5. The molecular weight excluding hydrogens is 394 g/mol. The number of rotatable bonds is 8. The van der Waals surface area contributed by atoms with E-state index in [1.807, 2.05) is 18.6 Å². The molecular formula is C21H26F2N4OS. The van der Waals surface area contributed by atoms with E-state index in [2.05, 4.69) is 20.2 Å². The fraction of sp³-hybridized carbons (Fsp3) is 0.476. The van der Waals surface area contributed by atoms with Gasteiger partial charge in [0.05, 0.1) is 0 Å². The van der Waals surface area contributed by atoms with Gasteiger partial charge in [-0.1, -0.05) is 17.8 Å². The maximum Gasteiger partial charge on any atom is 0.220 e. The molecule has 1 atom stereocenters. The molecule has 1 aromatic carbocycles. The monoisotopic (exact) mass is 420 g/mol. The number of amides is 1. The summed E-state index contributed by atoms with van der Waals surface area (Å²) < 4.78 is 26.2. The van der Waals surface area contributed by atoms with Gasteiger partial charge >= 0.3 is 0 Å². The number of nitrogens with one attached hydrogen (secondary N) is 1. The molecule has 0 saturated carbocycles. The maximum absolute atomic E-state index is 13.2. The number of hydrogen-bond donors (Lipinski definition) is 1. The van der Waals surface area contributed by atoms with E-state index < -0.39 is 11.6 Å². The van der Waals surface area contributed by atoms with E-state index in [9.17, 15) is 13.6 Å². The molecule has 0 bridgehead atoms. The fourth-order valence-electron chi connectivity index (χ4n) is 3.59. The lowest BCUT2D eigenvalue weighted by Crippen LogP contribution is -2.35. The van der Waals surface area contributed by atoms with Crippen molar-refractivity contribution in [1.29, 1.82) is 0 Å². The van der Waals surface area contributed by atoms with Gasteiger partial charge in [-0.2, -0.15) is 0 Å². The Morgan fingerprint density at radius 2 is 2.03 bits per heavy atom. The number of aromatic nitrogens is 2. The number of carbonyl (C=O) groups excluding carboxylic acids is 1. The maximum atomic E-state index is 13.2. The Bertz CT molecular complexity index is 819. The van der Waals surface area contributed by atoms with Crippen LogP contribution in [-0.4, -0.2) is 40.1 Å². The third-order valence-electron chi connectivity index (χ3n) is 5.13. The lowest BCUT2D eigenvalue weighted by atomic mass is 9.93. The van der Waals surface area contributed by atoms with E-state index in [-0.39, 0.29) is 12.5 Å². The van der Waals surface area contributed by atoms with Gasteiger partial charge in [-0.25, -0.2) is 18.7 Å². The average Bonchev–Trinajstić information content (AvgIpc) is 2.74. The lowest BCUT2D eigenvalue weighted by molar-refractivity contribution is -0.121. The number of piperidine rings is 1. The van der Waals surface area contributed by atoms with Gasteiger partial charge in [-0.15, -0.1) is 0 Å². The average molecular weight is 421 g/mol. The molecule has 1 saturated heterocycles. The second-order valence-corrected chi connectivity index (χ2v) is 8.16. The molecule has 1 aliphatic rings. The second-order valence-electron chi connectivity index (χ2n) is 7.39. The van der Waals surface area contributed by atoms with E-state index in [4.69, 9.17) is 0 Å². The van der Waals surface area contributed by atoms with Gasteiger partial charge in [-0.3, -0.25) is 9.69 Å². The third kappa shape index (κ3) is 6.75. The van der Waals surface area contributed by atoms with Crippen molar-refractivity contribution in [1.82, 2.24) is 20.2 Å². The molecule has 3 rings (SSSR count). The highest BCUT2D eigenvalue weighted by Crippen LogP contribution is 2.22. The molecule has 2 heterocycles. The SMILES string of the molecule is CSc1ncc(CN2CCC[C@@H](CCC(=O)NCc3ccc(F)c(F)c3)C2)cn1. The topological polar surface area (TPSA) is 58.1 Å². The summed E-state index contributed by atoms with van der Waals surface area (Å²) in [7, 11) is 0. The molecule has 156 valence electrons. The van der Waals surface area contributed by atoms with Crippen LogP contribution < -0.4 is 5.32 Å². The summed E-state index contributed by atoms with van der Waals surface area (Å²) in [4.78, 5) is 23.2. The van der Waals surface area contributed by atoms with Crippen LogP contribution in [0.5, 0.6) is 0 Å². The Balaban J connectivity index is 1.40. The molecule has 0 aliphatic carbocycles. The first-order valence-corrected chi connectivity index (χ1v) is 11.0. The summed E-state index contributed by atoms with van der Waals surface area (Å²) in [5.41, 5.74) is 1.66. The van der Waals surface area contributed by atoms with Gasteiger partial charge in [0, 0.05) is 44.0 Å². The van der Waals surface area contributed by atoms with Crippen molar-refractivity contribution in [3.8, 4) is 0 Å². The zero-order chi connectivity index (χ0) is 20.6. The minimum Gasteiger partial charge on any atom is -0.352 e. The van der Waals surface area contributed by atoms with Crippen LogP contribution in [0.15, 0.2) is 35.7 Å². The first-order chi connectivity index (χ1) is 14.0. The van der Waals surface area contributed by atoms with E-state index in [1.54, 1.807) is 0 Å². The molecule has 1 fully saturated rings. The number of benzene rings is 1. The summed E-state index contributed by atoms with van der Waals surface area (Å²) in [6.45, 7) is 3.04. The molecule has 2 aromatic rings. The highest BCUT2D eigenvalue weighted by Gasteiger charge is 2.21. The molecule has 1 aromatic heterocycles. The number of likely N-dealkylation sites (tertiary alicyclic amines) is 1. The van der Waals surface area contributed by atoms with Crippen LogP contribution in [0.3, 0.4) is 0 Å². The Morgan fingerprint density at radius 3 is 2.76 bits per heavy atom. The van der Waals surface area contributed by atoms with E-state index in [0.717, 1.165) is 61.7 Å². The molecule has 0 spiro atoms. The summed E-state index contributed by atoms with van der Waals surface area (Å²) in [5.74, 6) is -1.36. The fourth-order valence-corrected chi connectivity index (χ4v) is 3.91. The second kappa shape index (κ2) is 10.6. The largest absolute Gasteiger partial charge is 0.352 e. The van der Waals surface area contributed by atoms with Crippen LogP contribution in [0, 0.1) is 17.6 Å². The molecule has 0 unspecified atom stereocenters. The van der Waals surface area contributed by atoms with Crippen LogP contribution in [-0.2, 0) is 17.9 Å². The Hall–Kier alpha value is -2.06. The first kappa shape index (κ1) is 21.6. The van der Waals surface area contributed by atoms with Crippen LogP contribution >= 0.6 is 11.8 Å². The Kier molecular flexibility index (Phi) is 7.94. The van der Waals surface area contributed by atoms with Crippen molar-refractivity contribution < 1.29 is 13.6 Å². The van der Waals surface area contributed by atoms with Crippen LogP contribution in [0.25, 0.3) is 0 Å². The van der Waals surface area contributed by atoms with Crippen molar-refractivity contribution in [3.05, 3.63) is 53.4 Å². The zero-order valence-electron chi connectivity index (χ0n) is 16.5. The van der Waals surface area contributed by atoms with Gasteiger partial charge in [-0.05, 0) is 55.7 Å². The van der Waals surface area contributed by atoms with Crippen molar-refractivity contribution in [2.75, 3.05) is 19.3 Å². The smallest absolute Gasteiger partial charge is 0.220 e. The first-order valence-electron chi connectivity index (χ1n) is 9.81. The van der Waals surface area contributed by atoms with Crippen LogP contribution in [0.1, 0.15) is 36.8 Å². The molecule has 1 amide bonds. The predicted octanol–water partition coefficient (Wildman–Crippen LogP) is 3.79. The number of halogens is 2. The quantitative estimate of drug-likeness (QED) is 0.520. The summed E-state index contributed by atoms with van der Waals surface area (Å²) in [6, 6.07) is 3.67. The lowest BCUT2D eigenvalue weighted by Gasteiger charge is -2.32. The van der Waals surface area contributed by atoms with E-state index >= 15 is 0 Å². The molecule has 8 heteroatoms. The molecule has 29 heavy (non-hydrogen) atoms. The van der Waals surface area contributed by atoms with Crippen molar-refractivity contribution in [3.63, 3.8) is 0 Å². The Labute approximate surface area is 174 Å². The summed E-state index contributed by atoms with van der Waals surface area (Å²) in [6.07, 6.45) is 9.22. The minimum absolute atomic E-state index is 0.0621. The normalized spacial score (nSPS) is 17.3. The van der Waals surface area contributed by atoms with Crippen LogP contribution in [0.4, 0.5) is 8.78 Å². The zero-order valence-corrected chi connectivity index (χ0v) is 17.4. The van der Waals surface area contributed by atoms with Crippen LogP contribution in [0.2, 0.25) is 0 Å². The van der Waals surface area contributed by atoms with E-state index in [1.165, 1.54) is 17.8 Å². The Morgan fingerprint density at radius 1 is 1.24 bits per heavy atom. The minimum atomic E-state index is -0.896. The highest BCUT2D eigenvalue weighted by atomic mass is 32.2. The summed E-state index contributed by atoms with van der Waals surface area (Å²) >= 11 is 1.53. The van der Waals surface area contributed by atoms with Crippen molar-refractivity contribution in [2.24, 2.45) is 5.92 Å². The molecule has 5 nitrogen and oxygen atoms in total. The molecule has 1 N–H and O–H groups in total. The molecule has 1 aliphatic heterocycles. The third-order valence-corrected chi connectivity index (χ3v) is 5.70. The summed E-state index contributed by atoms with van der Waals surface area (Å²) in [5, 5.41) is 3.56. The van der Waals surface area contributed by atoms with Gasteiger partial charge in [0.15, 0.2) is 16.8 Å². The van der Waals surface area contributed by atoms with Gasteiger partial charge in [0.1, 0.15) is 0 Å².